The van der Waals surface area contributed by atoms with E-state index >= 15 is 0 Å². The lowest BCUT2D eigenvalue weighted by atomic mass is 10.2. The molecule has 0 fully saturated rings. The first-order chi connectivity index (χ1) is 11.6. The molecule has 0 saturated carbocycles. The van der Waals surface area contributed by atoms with Gasteiger partial charge in [0.05, 0.1) is 18.7 Å². The van der Waals surface area contributed by atoms with Crippen LogP contribution >= 0.6 is 11.6 Å². The SMILES string of the molecule is CCOC(=O)c1ccc(OCCNC(=O)c2cccc(Cl)c2)cc1. The standard InChI is InChI=1S/C18H18ClNO4/c1-2-23-18(22)13-6-8-16(9-7-13)24-11-10-20-17(21)14-4-3-5-15(19)12-14/h3-9,12H,2,10-11H2,1H3,(H,20,21). The minimum Gasteiger partial charge on any atom is -0.492 e. The fourth-order valence-electron chi connectivity index (χ4n) is 1.97. The average molecular weight is 348 g/mol. The first kappa shape index (κ1) is 17.8. The largest absolute Gasteiger partial charge is 0.492 e. The molecule has 0 saturated heterocycles. The van der Waals surface area contributed by atoms with Gasteiger partial charge in [0.15, 0.2) is 0 Å². The van der Waals surface area contributed by atoms with Crippen LogP contribution < -0.4 is 10.1 Å². The Bertz CT molecular complexity index is 700. The van der Waals surface area contributed by atoms with Crippen molar-refractivity contribution in [3.05, 3.63) is 64.7 Å². The van der Waals surface area contributed by atoms with E-state index in [1.165, 1.54) is 0 Å². The van der Waals surface area contributed by atoms with Crippen molar-refractivity contribution >= 4 is 23.5 Å². The van der Waals surface area contributed by atoms with Gasteiger partial charge in [0.2, 0.25) is 0 Å². The summed E-state index contributed by atoms with van der Waals surface area (Å²) in [6.45, 7) is 2.76. The first-order valence-electron chi connectivity index (χ1n) is 7.54. The average Bonchev–Trinajstić information content (AvgIpc) is 2.59. The van der Waals surface area contributed by atoms with Crippen molar-refractivity contribution in [1.29, 1.82) is 0 Å². The number of amides is 1. The van der Waals surface area contributed by atoms with Gasteiger partial charge in [-0.3, -0.25) is 4.79 Å². The van der Waals surface area contributed by atoms with E-state index in [4.69, 9.17) is 21.1 Å². The lowest BCUT2D eigenvalue weighted by Crippen LogP contribution is -2.28. The minimum absolute atomic E-state index is 0.209. The molecule has 0 spiro atoms. The molecule has 6 heteroatoms. The van der Waals surface area contributed by atoms with Crippen LogP contribution in [0.25, 0.3) is 0 Å². The molecule has 0 radical (unpaired) electrons. The van der Waals surface area contributed by atoms with Crippen molar-refractivity contribution in [2.75, 3.05) is 19.8 Å². The number of rotatable bonds is 7. The molecule has 24 heavy (non-hydrogen) atoms. The topological polar surface area (TPSA) is 64.6 Å². The van der Waals surface area contributed by atoms with Crippen molar-refractivity contribution < 1.29 is 19.1 Å². The van der Waals surface area contributed by atoms with Gasteiger partial charge in [0.1, 0.15) is 12.4 Å². The molecule has 0 atom stereocenters. The van der Waals surface area contributed by atoms with E-state index in [0.29, 0.717) is 41.7 Å². The molecule has 1 amide bonds. The molecule has 0 aliphatic heterocycles. The Morgan fingerprint density at radius 1 is 1.08 bits per heavy atom. The van der Waals surface area contributed by atoms with Gasteiger partial charge in [-0.1, -0.05) is 17.7 Å². The smallest absolute Gasteiger partial charge is 0.338 e. The van der Waals surface area contributed by atoms with Crippen molar-refractivity contribution in [2.45, 2.75) is 6.92 Å². The maximum Gasteiger partial charge on any atom is 0.338 e. The van der Waals surface area contributed by atoms with E-state index < -0.39 is 0 Å². The molecule has 0 bridgehead atoms. The van der Waals surface area contributed by atoms with Crippen molar-refractivity contribution in [1.82, 2.24) is 5.32 Å². The lowest BCUT2D eigenvalue weighted by molar-refractivity contribution is 0.0526. The third kappa shape index (κ3) is 5.28. The highest BCUT2D eigenvalue weighted by molar-refractivity contribution is 6.30. The summed E-state index contributed by atoms with van der Waals surface area (Å²) in [5.74, 6) is 0.0386. The second-order valence-electron chi connectivity index (χ2n) is 4.86. The van der Waals surface area contributed by atoms with Crippen LogP contribution in [0, 0.1) is 0 Å². The highest BCUT2D eigenvalue weighted by Gasteiger charge is 2.07. The summed E-state index contributed by atoms with van der Waals surface area (Å²) in [4.78, 5) is 23.4. The molecule has 5 nitrogen and oxygen atoms in total. The van der Waals surface area contributed by atoms with Crippen LogP contribution in [-0.2, 0) is 4.74 Å². The molecule has 2 aromatic carbocycles. The Kier molecular flexibility index (Phi) is 6.63. The Balaban J connectivity index is 1.76. The molecular formula is C18H18ClNO4. The van der Waals surface area contributed by atoms with Crippen LogP contribution in [-0.4, -0.2) is 31.6 Å². The highest BCUT2D eigenvalue weighted by atomic mass is 35.5. The van der Waals surface area contributed by atoms with Crippen LogP contribution in [0.1, 0.15) is 27.6 Å². The number of carbonyl (C=O) groups is 2. The quantitative estimate of drug-likeness (QED) is 0.616. The second-order valence-corrected chi connectivity index (χ2v) is 5.30. The summed E-state index contributed by atoms with van der Waals surface area (Å²) >= 11 is 5.85. The van der Waals surface area contributed by atoms with Crippen LogP contribution in [0.3, 0.4) is 0 Å². The molecule has 0 aliphatic carbocycles. The number of hydrogen-bond acceptors (Lipinski definition) is 4. The number of esters is 1. The predicted octanol–water partition coefficient (Wildman–Crippen LogP) is 3.33. The molecule has 0 aliphatic rings. The van der Waals surface area contributed by atoms with Crippen LogP contribution in [0.4, 0.5) is 0 Å². The number of ether oxygens (including phenoxy) is 2. The fraction of sp³-hybridized carbons (Fsp3) is 0.222. The van der Waals surface area contributed by atoms with Gasteiger partial charge in [-0.25, -0.2) is 4.79 Å². The van der Waals surface area contributed by atoms with Gasteiger partial charge in [-0.15, -0.1) is 0 Å². The summed E-state index contributed by atoms with van der Waals surface area (Å²) in [6.07, 6.45) is 0. The first-order valence-corrected chi connectivity index (χ1v) is 7.91. The molecule has 0 heterocycles. The van der Waals surface area contributed by atoms with Crippen LogP contribution in [0.2, 0.25) is 5.02 Å². The van der Waals surface area contributed by atoms with Crippen molar-refractivity contribution in [2.24, 2.45) is 0 Å². The maximum atomic E-state index is 11.9. The number of carbonyl (C=O) groups excluding carboxylic acids is 2. The van der Waals surface area contributed by atoms with E-state index in [9.17, 15) is 9.59 Å². The summed E-state index contributed by atoms with van der Waals surface area (Å²) in [5, 5.41) is 3.26. The zero-order chi connectivity index (χ0) is 17.4. The molecule has 126 valence electrons. The predicted molar refractivity (Wildman–Crippen MR) is 91.7 cm³/mol. The fourth-order valence-corrected chi connectivity index (χ4v) is 2.16. The normalized spacial score (nSPS) is 10.1. The summed E-state index contributed by atoms with van der Waals surface area (Å²) in [7, 11) is 0. The van der Waals surface area contributed by atoms with Gasteiger partial charge in [-0.05, 0) is 49.4 Å². The summed E-state index contributed by atoms with van der Waals surface area (Å²) < 4.78 is 10.4. The number of halogens is 1. The Hall–Kier alpha value is -2.53. The third-order valence-corrected chi connectivity index (χ3v) is 3.34. The Morgan fingerprint density at radius 3 is 2.50 bits per heavy atom. The number of benzene rings is 2. The van der Waals surface area contributed by atoms with Gasteiger partial charge in [0.25, 0.3) is 5.91 Å². The van der Waals surface area contributed by atoms with Gasteiger partial charge < -0.3 is 14.8 Å². The molecule has 0 unspecified atom stereocenters. The van der Waals surface area contributed by atoms with E-state index in [-0.39, 0.29) is 11.9 Å². The molecule has 2 rings (SSSR count). The monoisotopic (exact) mass is 347 g/mol. The van der Waals surface area contributed by atoms with Crippen LogP contribution in [0.5, 0.6) is 5.75 Å². The molecule has 0 aromatic heterocycles. The maximum absolute atomic E-state index is 11.9. The molecule has 2 aromatic rings. The van der Waals surface area contributed by atoms with Crippen molar-refractivity contribution in [3.63, 3.8) is 0 Å². The van der Waals surface area contributed by atoms with E-state index in [0.717, 1.165) is 0 Å². The second kappa shape index (κ2) is 8.93. The molecule has 1 N–H and O–H groups in total. The van der Waals surface area contributed by atoms with Crippen molar-refractivity contribution in [3.8, 4) is 5.75 Å². The molecular weight excluding hydrogens is 330 g/mol. The number of nitrogens with one attached hydrogen (secondary N) is 1. The van der Waals surface area contributed by atoms with Crippen LogP contribution in [0.15, 0.2) is 48.5 Å². The summed E-state index contributed by atoms with van der Waals surface area (Å²) in [6, 6.07) is 13.4. The van der Waals surface area contributed by atoms with Gasteiger partial charge >= 0.3 is 5.97 Å². The third-order valence-electron chi connectivity index (χ3n) is 3.11. The highest BCUT2D eigenvalue weighted by Crippen LogP contribution is 2.13. The van der Waals surface area contributed by atoms with Gasteiger partial charge in [0, 0.05) is 10.6 Å². The Morgan fingerprint density at radius 2 is 1.83 bits per heavy atom. The lowest BCUT2D eigenvalue weighted by Gasteiger charge is -2.08. The van der Waals surface area contributed by atoms with E-state index in [1.54, 1.807) is 55.5 Å². The zero-order valence-corrected chi connectivity index (χ0v) is 14.0. The minimum atomic E-state index is -0.363. The summed E-state index contributed by atoms with van der Waals surface area (Å²) in [5.41, 5.74) is 0.972. The van der Waals surface area contributed by atoms with E-state index in [1.807, 2.05) is 0 Å². The van der Waals surface area contributed by atoms with Gasteiger partial charge in [-0.2, -0.15) is 0 Å². The Labute approximate surface area is 145 Å². The number of hydrogen-bond donors (Lipinski definition) is 1. The zero-order valence-electron chi connectivity index (χ0n) is 13.3. The van der Waals surface area contributed by atoms with E-state index in [2.05, 4.69) is 5.32 Å².